The minimum Gasteiger partial charge on any atom is -0.354 e. The molecule has 1 aromatic rings. The number of piperazine rings is 1. The zero-order chi connectivity index (χ0) is 19.6. The molecule has 2 saturated heterocycles. The number of carbonyl (C=O) groups excluding carboxylic acids is 4. The molecule has 0 bridgehead atoms. The van der Waals surface area contributed by atoms with Crippen LogP contribution in [0.1, 0.15) is 16.8 Å². The second-order valence-corrected chi connectivity index (χ2v) is 6.60. The number of carbonyl (C=O) groups is 4. The zero-order valence-electron chi connectivity index (χ0n) is 15.0. The van der Waals surface area contributed by atoms with Gasteiger partial charge in [0.2, 0.25) is 5.91 Å². The Balaban J connectivity index is 1.55. The van der Waals surface area contributed by atoms with Gasteiger partial charge in [-0.25, -0.2) is 4.39 Å². The highest BCUT2D eigenvalue weighted by molar-refractivity contribution is 6.35. The summed E-state index contributed by atoms with van der Waals surface area (Å²) in [7, 11) is 1.45. The molecule has 1 unspecified atom stereocenters. The third-order valence-electron chi connectivity index (χ3n) is 4.94. The summed E-state index contributed by atoms with van der Waals surface area (Å²) in [6.07, 6.45) is 0.480. The Kier molecular flexibility index (Phi) is 5.38. The van der Waals surface area contributed by atoms with Gasteiger partial charge >= 0.3 is 11.8 Å². The fraction of sp³-hybridized carbons (Fsp3) is 0.444. The summed E-state index contributed by atoms with van der Waals surface area (Å²) in [5, 5.41) is 2.64. The molecular formula is C18H21FN4O4. The highest BCUT2D eigenvalue weighted by atomic mass is 19.1. The van der Waals surface area contributed by atoms with Crippen LogP contribution in [0, 0.1) is 5.82 Å². The van der Waals surface area contributed by atoms with Gasteiger partial charge in [0.25, 0.3) is 5.91 Å². The first kappa shape index (κ1) is 18.8. The Bertz CT molecular complexity index is 759. The van der Waals surface area contributed by atoms with Gasteiger partial charge in [0, 0.05) is 45.3 Å². The van der Waals surface area contributed by atoms with E-state index in [2.05, 4.69) is 5.32 Å². The lowest BCUT2D eigenvalue weighted by Gasteiger charge is -2.35. The van der Waals surface area contributed by atoms with Crippen LogP contribution < -0.4 is 5.32 Å². The van der Waals surface area contributed by atoms with Crippen LogP contribution in [0.15, 0.2) is 24.3 Å². The van der Waals surface area contributed by atoms with E-state index in [0.717, 1.165) is 0 Å². The van der Waals surface area contributed by atoms with Crippen LogP contribution in [0.5, 0.6) is 0 Å². The molecule has 9 heteroatoms. The first-order chi connectivity index (χ1) is 12.9. The van der Waals surface area contributed by atoms with Crippen molar-refractivity contribution in [3.63, 3.8) is 0 Å². The molecule has 2 aliphatic rings. The highest BCUT2D eigenvalue weighted by Gasteiger charge is 2.36. The summed E-state index contributed by atoms with van der Waals surface area (Å²) in [5.41, 5.74) is 0.374. The molecule has 1 N–H and O–H groups in total. The molecule has 27 heavy (non-hydrogen) atoms. The lowest BCUT2D eigenvalue weighted by Crippen LogP contribution is -2.55. The molecule has 0 radical (unpaired) electrons. The van der Waals surface area contributed by atoms with Gasteiger partial charge in [0.15, 0.2) is 0 Å². The minimum atomic E-state index is -0.727. The number of amides is 4. The number of halogens is 1. The lowest BCUT2D eigenvalue weighted by molar-refractivity contribution is -0.154. The quantitative estimate of drug-likeness (QED) is 0.702. The average molecular weight is 376 g/mol. The largest absolute Gasteiger partial charge is 0.354 e. The summed E-state index contributed by atoms with van der Waals surface area (Å²) < 4.78 is 13.0. The van der Waals surface area contributed by atoms with E-state index in [9.17, 15) is 23.6 Å². The van der Waals surface area contributed by atoms with Gasteiger partial charge in [0.1, 0.15) is 11.9 Å². The number of likely N-dealkylation sites (N-methyl/N-ethyl adjacent to an activating group) is 1. The zero-order valence-corrected chi connectivity index (χ0v) is 15.0. The predicted molar refractivity (Wildman–Crippen MR) is 93.1 cm³/mol. The molecule has 2 fully saturated rings. The van der Waals surface area contributed by atoms with E-state index >= 15 is 0 Å². The first-order valence-electron chi connectivity index (χ1n) is 8.77. The van der Waals surface area contributed by atoms with Crippen LogP contribution in [0.25, 0.3) is 0 Å². The first-order valence-corrected chi connectivity index (χ1v) is 8.77. The van der Waals surface area contributed by atoms with Crippen molar-refractivity contribution in [2.45, 2.75) is 12.5 Å². The Morgan fingerprint density at radius 3 is 2.22 bits per heavy atom. The molecule has 144 valence electrons. The van der Waals surface area contributed by atoms with E-state index in [1.807, 2.05) is 0 Å². The molecule has 0 aromatic heterocycles. The second-order valence-electron chi connectivity index (χ2n) is 6.60. The molecule has 4 amide bonds. The van der Waals surface area contributed by atoms with Gasteiger partial charge in [0.05, 0.1) is 0 Å². The maximum Gasteiger partial charge on any atom is 0.312 e. The SMILES string of the molecule is CN(C(=O)C(=O)N1CCN(C(=O)c2ccc(F)cc2)CC1)C1CCNC1=O. The summed E-state index contributed by atoms with van der Waals surface area (Å²) in [6.45, 7) is 1.50. The Morgan fingerprint density at radius 1 is 1.07 bits per heavy atom. The number of rotatable bonds is 2. The van der Waals surface area contributed by atoms with Gasteiger partial charge in [-0.1, -0.05) is 0 Å². The van der Waals surface area contributed by atoms with Crippen LogP contribution >= 0.6 is 0 Å². The topological polar surface area (TPSA) is 90.0 Å². The van der Waals surface area contributed by atoms with Crippen molar-refractivity contribution < 1.29 is 23.6 Å². The highest BCUT2D eigenvalue weighted by Crippen LogP contribution is 2.12. The summed E-state index contributed by atoms with van der Waals surface area (Å²) in [6, 6.07) is 4.66. The third kappa shape index (κ3) is 3.91. The van der Waals surface area contributed by atoms with Crippen LogP contribution in [-0.4, -0.2) is 84.1 Å². The fourth-order valence-electron chi connectivity index (χ4n) is 3.27. The van der Waals surface area contributed by atoms with E-state index in [1.54, 1.807) is 4.90 Å². The number of benzene rings is 1. The van der Waals surface area contributed by atoms with Gasteiger partial charge in [-0.05, 0) is 30.7 Å². The molecule has 1 aromatic carbocycles. The summed E-state index contributed by atoms with van der Waals surface area (Å²) in [5.74, 6) is -2.32. The Hall–Kier alpha value is -2.97. The van der Waals surface area contributed by atoms with Crippen LogP contribution in [0.3, 0.4) is 0 Å². The maximum absolute atomic E-state index is 13.0. The van der Waals surface area contributed by atoms with Gasteiger partial charge < -0.3 is 20.0 Å². The molecule has 0 aliphatic carbocycles. The predicted octanol–water partition coefficient (Wildman–Crippen LogP) is -0.543. The normalized spacial score (nSPS) is 19.6. The van der Waals surface area contributed by atoms with Crippen molar-refractivity contribution in [1.82, 2.24) is 20.0 Å². The second kappa shape index (κ2) is 7.73. The van der Waals surface area contributed by atoms with Crippen molar-refractivity contribution in [2.24, 2.45) is 0 Å². The van der Waals surface area contributed by atoms with Gasteiger partial charge in [-0.2, -0.15) is 0 Å². The van der Waals surface area contributed by atoms with Crippen LogP contribution in [0.2, 0.25) is 0 Å². The minimum absolute atomic E-state index is 0.224. The van der Waals surface area contributed by atoms with Gasteiger partial charge in [-0.15, -0.1) is 0 Å². The smallest absolute Gasteiger partial charge is 0.312 e. The monoisotopic (exact) mass is 376 g/mol. The van der Waals surface area contributed by atoms with Crippen LogP contribution in [0.4, 0.5) is 4.39 Å². The van der Waals surface area contributed by atoms with Crippen molar-refractivity contribution >= 4 is 23.6 Å². The van der Waals surface area contributed by atoms with Crippen molar-refractivity contribution in [3.8, 4) is 0 Å². The molecule has 0 spiro atoms. The molecule has 1 atom stereocenters. The fourth-order valence-corrected chi connectivity index (χ4v) is 3.27. The van der Waals surface area contributed by atoms with E-state index < -0.39 is 23.7 Å². The van der Waals surface area contributed by atoms with E-state index in [0.29, 0.717) is 18.5 Å². The molecular weight excluding hydrogens is 355 g/mol. The van der Waals surface area contributed by atoms with E-state index in [1.165, 1.54) is 41.1 Å². The maximum atomic E-state index is 13.0. The van der Waals surface area contributed by atoms with E-state index in [4.69, 9.17) is 0 Å². The number of nitrogens with zero attached hydrogens (tertiary/aromatic N) is 3. The van der Waals surface area contributed by atoms with Crippen molar-refractivity contribution in [3.05, 3.63) is 35.6 Å². The number of hydrogen-bond donors (Lipinski definition) is 1. The molecule has 2 heterocycles. The van der Waals surface area contributed by atoms with Crippen molar-refractivity contribution in [2.75, 3.05) is 39.8 Å². The lowest BCUT2D eigenvalue weighted by atomic mass is 10.1. The molecule has 0 saturated carbocycles. The molecule has 3 rings (SSSR count). The van der Waals surface area contributed by atoms with Crippen LogP contribution in [-0.2, 0) is 14.4 Å². The number of nitrogens with one attached hydrogen (secondary N) is 1. The molecule has 2 aliphatic heterocycles. The van der Waals surface area contributed by atoms with E-state index in [-0.39, 0.29) is 38.0 Å². The Labute approximate surface area is 155 Å². The average Bonchev–Trinajstić information content (AvgIpc) is 3.12. The van der Waals surface area contributed by atoms with Crippen molar-refractivity contribution in [1.29, 1.82) is 0 Å². The standard InChI is InChI=1S/C18H21FN4O4/c1-21(14-6-7-20-15(14)24)17(26)18(27)23-10-8-22(9-11-23)16(25)12-2-4-13(19)5-3-12/h2-5,14H,6-11H2,1H3,(H,20,24). The summed E-state index contributed by atoms with van der Waals surface area (Å²) in [4.78, 5) is 53.1. The Morgan fingerprint density at radius 2 is 1.67 bits per heavy atom. The number of hydrogen-bond acceptors (Lipinski definition) is 4. The van der Waals surface area contributed by atoms with Gasteiger partial charge in [-0.3, -0.25) is 19.2 Å². The summed E-state index contributed by atoms with van der Waals surface area (Å²) >= 11 is 0. The molecule has 8 nitrogen and oxygen atoms in total. The third-order valence-corrected chi connectivity index (χ3v) is 4.94.